The molecule has 1 saturated heterocycles. The maximum Gasteiger partial charge on any atom is 0.404 e. The Labute approximate surface area is 101 Å². The first-order chi connectivity index (χ1) is 8.25. The molecule has 0 unspecified atom stereocenters. The molecular formula is C12H17N3O2. The van der Waals surface area contributed by atoms with Gasteiger partial charge in [-0.15, -0.1) is 0 Å². The monoisotopic (exact) mass is 235 g/mol. The van der Waals surface area contributed by atoms with Gasteiger partial charge < -0.3 is 15.4 Å². The van der Waals surface area contributed by atoms with Crippen LogP contribution in [0.3, 0.4) is 0 Å². The van der Waals surface area contributed by atoms with Gasteiger partial charge in [-0.3, -0.25) is 4.98 Å². The third-order valence-electron chi connectivity index (χ3n) is 3.09. The second-order valence-electron chi connectivity index (χ2n) is 4.27. The van der Waals surface area contributed by atoms with Crippen molar-refractivity contribution in [2.45, 2.75) is 12.8 Å². The minimum absolute atomic E-state index is 0.426. The molecule has 0 atom stereocenters. The summed E-state index contributed by atoms with van der Waals surface area (Å²) < 4.78 is 4.83. The summed E-state index contributed by atoms with van der Waals surface area (Å²) in [5.41, 5.74) is 6.10. The topological polar surface area (TPSA) is 68.5 Å². The van der Waals surface area contributed by atoms with Crippen LogP contribution in [0.1, 0.15) is 12.8 Å². The molecule has 1 aliphatic rings. The number of hydrogen-bond donors (Lipinski definition) is 1. The molecule has 5 nitrogen and oxygen atoms in total. The minimum atomic E-state index is -0.681. The predicted octanol–water partition coefficient (Wildman–Crippen LogP) is 1.39. The number of piperidine rings is 1. The van der Waals surface area contributed by atoms with Gasteiger partial charge in [0, 0.05) is 19.3 Å². The molecule has 1 fully saturated rings. The van der Waals surface area contributed by atoms with E-state index in [2.05, 4.69) is 16.0 Å². The summed E-state index contributed by atoms with van der Waals surface area (Å²) in [5.74, 6) is 0.426. The van der Waals surface area contributed by atoms with Crippen molar-refractivity contribution in [3.63, 3.8) is 0 Å². The molecule has 2 heterocycles. The molecular weight excluding hydrogens is 218 g/mol. The van der Waals surface area contributed by atoms with Crippen molar-refractivity contribution < 1.29 is 9.53 Å². The third kappa shape index (κ3) is 3.34. The Kier molecular flexibility index (Phi) is 3.80. The van der Waals surface area contributed by atoms with Gasteiger partial charge in [0.2, 0.25) is 0 Å². The number of carbonyl (C=O) groups is 1. The van der Waals surface area contributed by atoms with Gasteiger partial charge in [0.05, 0.1) is 18.5 Å². The number of pyridine rings is 1. The molecule has 92 valence electrons. The molecule has 0 radical (unpaired) electrons. The molecule has 0 aliphatic carbocycles. The fourth-order valence-electron chi connectivity index (χ4n) is 2.10. The Morgan fingerprint density at radius 2 is 2.29 bits per heavy atom. The summed E-state index contributed by atoms with van der Waals surface area (Å²) in [4.78, 5) is 16.9. The zero-order valence-electron chi connectivity index (χ0n) is 9.71. The zero-order chi connectivity index (χ0) is 12.1. The number of amides is 1. The summed E-state index contributed by atoms with van der Waals surface area (Å²) in [6, 6.07) is 4.00. The molecule has 0 bridgehead atoms. The zero-order valence-corrected chi connectivity index (χ0v) is 9.71. The first-order valence-corrected chi connectivity index (χ1v) is 5.83. The number of aromatic nitrogens is 1. The van der Waals surface area contributed by atoms with E-state index in [1.54, 1.807) is 6.20 Å². The first kappa shape index (κ1) is 11.7. The number of nitrogens with zero attached hydrogens (tertiary/aromatic N) is 2. The van der Waals surface area contributed by atoms with Gasteiger partial charge in [-0.1, -0.05) is 0 Å². The molecule has 1 aliphatic heterocycles. The quantitative estimate of drug-likeness (QED) is 0.859. The lowest BCUT2D eigenvalue weighted by molar-refractivity contribution is 0.129. The number of ether oxygens (including phenoxy) is 1. The van der Waals surface area contributed by atoms with Crippen molar-refractivity contribution >= 4 is 11.8 Å². The van der Waals surface area contributed by atoms with E-state index in [9.17, 15) is 4.79 Å². The van der Waals surface area contributed by atoms with Gasteiger partial charge in [0.15, 0.2) is 0 Å². The molecule has 1 aromatic rings. The average Bonchev–Trinajstić information content (AvgIpc) is 2.38. The molecule has 0 saturated carbocycles. The number of primary amides is 1. The van der Waals surface area contributed by atoms with Gasteiger partial charge in [-0.05, 0) is 30.9 Å². The van der Waals surface area contributed by atoms with E-state index < -0.39 is 6.09 Å². The van der Waals surface area contributed by atoms with Crippen molar-refractivity contribution in [1.82, 2.24) is 4.98 Å². The molecule has 0 aromatic carbocycles. The summed E-state index contributed by atoms with van der Waals surface area (Å²) in [6.45, 7) is 2.38. The van der Waals surface area contributed by atoms with Crippen molar-refractivity contribution in [3.05, 3.63) is 24.5 Å². The van der Waals surface area contributed by atoms with E-state index in [-0.39, 0.29) is 0 Å². The Bertz CT molecular complexity index is 361. The first-order valence-electron chi connectivity index (χ1n) is 5.83. The van der Waals surface area contributed by atoms with E-state index >= 15 is 0 Å². The Morgan fingerprint density at radius 3 is 2.88 bits per heavy atom. The largest absolute Gasteiger partial charge is 0.449 e. The van der Waals surface area contributed by atoms with E-state index in [0.29, 0.717) is 12.5 Å². The number of rotatable bonds is 3. The Hall–Kier alpha value is -1.78. The maximum atomic E-state index is 10.5. The number of carbonyl (C=O) groups excluding carboxylic acids is 1. The van der Waals surface area contributed by atoms with Crippen LogP contribution < -0.4 is 10.6 Å². The van der Waals surface area contributed by atoms with E-state index in [1.807, 2.05) is 12.3 Å². The smallest absolute Gasteiger partial charge is 0.404 e. The molecule has 2 rings (SSSR count). The highest BCUT2D eigenvalue weighted by Gasteiger charge is 2.20. The van der Waals surface area contributed by atoms with Crippen LogP contribution in [0.4, 0.5) is 10.5 Å². The van der Waals surface area contributed by atoms with Crippen LogP contribution in [-0.2, 0) is 4.74 Å². The van der Waals surface area contributed by atoms with Crippen LogP contribution >= 0.6 is 0 Å². The molecule has 5 heteroatoms. The van der Waals surface area contributed by atoms with Crippen molar-refractivity contribution in [2.75, 3.05) is 24.6 Å². The predicted molar refractivity (Wildman–Crippen MR) is 64.7 cm³/mol. The average molecular weight is 235 g/mol. The van der Waals surface area contributed by atoms with Crippen LogP contribution in [0.2, 0.25) is 0 Å². The lowest BCUT2D eigenvalue weighted by Gasteiger charge is -2.32. The van der Waals surface area contributed by atoms with E-state index in [4.69, 9.17) is 10.5 Å². The standard InChI is InChI=1S/C12H17N3O2/c13-12(16)17-9-10-3-6-15(7-4-10)11-2-1-5-14-8-11/h1-2,5,8,10H,3-4,6-7,9H2,(H2,13,16). The second kappa shape index (κ2) is 5.52. The highest BCUT2D eigenvalue weighted by atomic mass is 16.5. The molecule has 1 amide bonds. The van der Waals surface area contributed by atoms with Gasteiger partial charge in [0.25, 0.3) is 0 Å². The van der Waals surface area contributed by atoms with Gasteiger partial charge in [0.1, 0.15) is 0 Å². The highest BCUT2D eigenvalue weighted by Crippen LogP contribution is 2.22. The third-order valence-corrected chi connectivity index (χ3v) is 3.09. The number of anilines is 1. The van der Waals surface area contributed by atoms with Gasteiger partial charge in [-0.2, -0.15) is 0 Å². The normalized spacial score (nSPS) is 16.8. The molecule has 17 heavy (non-hydrogen) atoms. The van der Waals surface area contributed by atoms with Crippen molar-refractivity contribution in [2.24, 2.45) is 11.7 Å². The van der Waals surface area contributed by atoms with E-state index in [0.717, 1.165) is 31.6 Å². The molecule has 1 aromatic heterocycles. The van der Waals surface area contributed by atoms with Gasteiger partial charge >= 0.3 is 6.09 Å². The minimum Gasteiger partial charge on any atom is -0.449 e. The lowest BCUT2D eigenvalue weighted by atomic mass is 9.97. The summed E-state index contributed by atoms with van der Waals surface area (Å²) >= 11 is 0. The SMILES string of the molecule is NC(=O)OCC1CCN(c2cccnc2)CC1. The van der Waals surface area contributed by atoms with Gasteiger partial charge in [-0.25, -0.2) is 4.79 Å². The summed E-state index contributed by atoms with van der Waals surface area (Å²) in [6.07, 6.45) is 5.00. The highest BCUT2D eigenvalue weighted by molar-refractivity contribution is 5.64. The van der Waals surface area contributed by atoms with Crippen LogP contribution in [0.5, 0.6) is 0 Å². The fourth-order valence-corrected chi connectivity index (χ4v) is 2.10. The maximum absolute atomic E-state index is 10.5. The number of hydrogen-bond acceptors (Lipinski definition) is 4. The molecule has 0 spiro atoms. The fraction of sp³-hybridized carbons (Fsp3) is 0.500. The molecule has 2 N–H and O–H groups in total. The number of nitrogens with two attached hydrogens (primary N) is 1. The lowest BCUT2D eigenvalue weighted by Crippen LogP contribution is -2.35. The summed E-state index contributed by atoms with van der Waals surface area (Å²) in [7, 11) is 0. The van der Waals surface area contributed by atoms with Crippen molar-refractivity contribution in [3.8, 4) is 0 Å². The van der Waals surface area contributed by atoms with Crippen molar-refractivity contribution in [1.29, 1.82) is 0 Å². The Balaban J connectivity index is 1.80. The van der Waals surface area contributed by atoms with Crippen LogP contribution in [0, 0.1) is 5.92 Å². The van der Waals surface area contributed by atoms with Crippen LogP contribution in [0.15, 0.2) is 24.5 Å². The summed E-state index contributed by atoms with van der Waals surface area (Å²) in [5, 5.41) is 0. The van der Waals surface area contributed by atoms with Crippen LogP contribution in [0.25, 0.3) is 0 Å². The van der Waals surface area contributed by atoms with E-state index in [1.165, 1.54) is 0 Å². The Morgan fingerprint density at radius 1 is 1.53 bits per heavy atom. The van der Waals surface area contributed by atoms with Crippen LogP contribution in [-0.4, -0.2) is 30.8 Å². The second-order valence-corrected chi connectivity index (χ2v) is 4.27.